The first-order valence-electron chi connectivity index (χ1n) is 9.23. The highest BCUT2D eigenvalue weighted by molar-refractivity contribution is 5.77. The Labute approximate surface area is 154 Å². The summed E-state index contributed by atoms with van der Waals surface area (Å²) in [5, 5.41) is 9.37. The van der Waals surface area contributed by atoms with Crippen LogP contribution in [0.5, 0.6) is 5.75 Å². The third-order valence-electron chi connectivity index (χ3n) is 4.74. The zero-order valence-electron chi connectivity index (χ0n) is 15.1. The van der Waals surface area contributed by atoms with Gasteiger partial charge in [-0.3, -0.25) is 9.69 Å². The number of hydrogen-bond acceptors (Lipinski definition) is 6. The van der Waals surface area contributed by atoms with Gasteiger partial charge < -0.3 is 24.2 Å². The second-order valence-corrected chi connectivity index (χ2v) is 6.78. The quantitative estimate of drug-likeness (QED) is 0.786. The number of carbonyl (C=O) groups excluding carboxylic acids is 1. The van der Waals surface area contributed by atoms with E-state index in [0.29, 0.717) is 45.3 Å². The molecule has 7 heteroatoms. The molecular formula is C19H28N2O5. The van der Waals surface area contributed by atoms with E-state index in [4.69, 9.17) is 14.2 Å². The molecule has 7 nitrogen and oxygen atoms in total. The zero-order valence-corrected chi connectivity index (χ0v) is 15.1. The summed E-state index contributed by atoms with van der Waals surface area (Å²) >= 11 is 0. The van der Waals surface area contributed by atoms with Gasteiger partial charge in [-0.15, -0.1) is 0 Å². The second kappa shape index (κ2) is 9.87. The Bertz CT molecular complexity index is 560. The summed E-state index contributed by atoms with van der Waals surface area (Å²) < 4.78 is 16.4. The van der Waals surface area contributed by atoms with Gasteiger partial charge in [0.15, 0.2) is 6.61 Å². The third kappa shape index (κ3) is 5.67. The normalized spacial score (nSPS) is 22.0. The molecule has 0 saturated carbocycles. The van der Waals surface area contributed by atoms with Crippen LogP contribution in [0.2, 0.25) is 0 Å². The molecule has 1 unspecified atom stereocenters. The third-order valence-corrected chi connectivity index (χ3v) is 4.74. The maximum atomic E-state index is 12.1. The summed E-state index contributed by atoms with van der Waals surface area (Å²) in [4.78, 5) is 16.2. The van der Waals surface area contributed by atoms with Gasteiger partial charge >= 0.3 is 0 Å². The Morgan fingerprint density at radius 1 is 1.12 bits per heavy atom. The molecule has 0 radical (unpaired) electrons. The van der Waals surface area contributed by atoms with Crippen molar-refractivity contribution >= 4 is 5.91 Å². The highest BCUT2D eigenvalue weighted by Gasteiger charge is 2.19. The Balaban J connectivity index is 1.46. The fourth-order valence-electron chi connectivity index (χ4n) is 3.21. The minimum atomic E-state index is -0.00279. The van der Waals surface area contributed by atoms with Crippen LogP contribution in [-0.4, -0.2) is 86.6 Å². The molecule has 0 bridgehead atoms. The van der Waals surface area contributed by atoms with Crippen molar-refractivity contribution in [2.45, 2.75) is 6.54 Å². The summed E-state index contributed by atoms with van der Waals surface area (Å²) in [7, 11) is 0. The molecule has 144 valence electrons. The molecule has 2 aliphatic rings. The van der Waals surface area contributed by atoms with Crippen LogP contribution in [0.15, 0.2) is 24.3 Å². The fraction of sp³-hybridized carbons (Fsp3) is 0.632. The van der Waals surface area contributed by atoms with E-state index < -0.39 is 0 Å². The number of morpholine rings is 1. The van der Waals surface area contributed by atoms with Crippen LogP contribution in [0.25, 0.3) is 0 Å². The number of aliphatic hydroxyl groups is 1. The first-order chi connectivity index (χ1) is 12.7. The summed E-state index contributed by atoms with van der Waals surface area (Å²) in [6, 6.07) is 7.85. The largest absolute Gasteiger partial charge is 0.484 e. The molecule has 1 amide bonds. The Morgan fingerprint density at radius 3 is 2.58 bits per heavy atom. The molecule has 2 saturated heterocycles. The first kappa shape index (κ1) is 19.1. The van der Waals surface area contributed by atoms with E-state index in [-0.39, 0.29) is 25.0 Å². The highest BCUT2D eigenvalue weighted by atomic mass is 16.5. The van der Waals surface area contributed by atoms with Crippen molar-refractivity contribution in [2.75, 3.05) is 65.8 Å². The van der Waals surface area contributed by atoms with Gasteiger partial charge in [0.05, 0.1) is 26.4 Å². The van der Waals surface area contributed by atoms with Crippen molar-refractivity contribution < 1.29 is 24.1 Å². The molecule has 2 heterocycles. The summed E-state index contributed by atoms with van der Waals surface area (Å²) in [6.07, 6.45) is 0. The van der Waals surface area contributed by atoms with E-state index in [0.717, 1.165) is 19.6 Å². The Kier molecular flexibility index (Phi) is 7.25. The minimum absolute atomic E-state index is 0.00279. The van der Waals surface area contributed by atoms with Crippen molar-refractivity contribution in [3.63, 3.8) is 0 Å². The Hall–Kier alpha value is -1.67. The van der Waals surface area contributed by atoms with Gasteiger partial charge in [-0.2, -0.15) is 0 Å². The van der Waals surface area contributed by atoms with Crippen molar-refractivity contribution in [1.82, 2.24) is 9.80 Å². The SMILES string of the molecule is O=C(COc1ccc(CN2CCOCC(CO)C2)cc1)N1CCOCC1. The average Bonchev–Trinajstić information content (AvgIpc) is 2.93. The predicted octanol–water partition coefficient (Wildman–Crippen LogP) is 0.365. The molecule has 2 fully saturated rings. The molecule has 1 N–H and O–H groups in total. The maximum absolute atomic E-state index is 12.1. The van der Waals surface area contributed by atoms with E-state index in [2.05, 4.69) is 4.90 Å². The summed E-state index contributed by atoms with van der Waals surface area (Å²) in [5.41, 5.74) is 1.18. The highest BCUT2D eigenvalue weighted by Crippen LogP contribution is 2.16. The van der Waals surface area contributed by atoms with Crippen molar-refractivity contribution in [1.29, 1.82) is 0 Å². The number of nitrogens with zero attached hydrogens (tertiary/aromatic N) is 2. The molecule has 1 atom stereocenters. The van der Waals surface area contributed by atoms with E-state index in [1.807, 2.05) is 24.3 Å². The van der Waals surface area contributed by atoms with Gasteiger partial charge in [-0.25, -0.2) is 0 Å². The van der Waals surface area contributed by atoms with Gasteiger partial charge in [-0.1, -0.05) is 12.1 Å². The minimum Gasteiger partial charge on any atom is -0.484 e. The van der Waals surface area contributed by atoms with Gasteiger partial charge in [0, 0.05) is 45.2 Å². The maximum Gasteiger partial charge on any atom is 0.260 e. The van der Waals surface area contributed by atoms with Crippen LogP contribution in [0.3, 0.4) is 0 Å². The number of hydrogen-bond donors (Lipinski definition) is 1. The monoisotopic (exact) mass is 364 g/mol. The van der Waals surface area contributed by atoms with Crippen LogP contribution in [0.1, 0.15) is 5.56 Å². The van der Waals surface area contributed by atoms with Gasteiger partial charge in [-0.05, 0) is 17.7 Å². The zero-order chi connectivity index (χ0) is 18.2. The second-order valence-electron chi connectivity index (χ2n) is 6.78. The number of ether oxygens (including phenoxy) is 3. The van der Waals surface area contributed by atoms with Crippen LogP contribution in [0, 0.1) is 5.92 Å². The predicted molar refractivity (Wildman–Crippen MR) is 96.0 cm³/mol. The lowest BCUT2D eigenvalue weighted by Crippen LogP contribution is -2.42. The van der Waals surface area contributed by atoms with Gasteiger partial charge in [0.2, 0.25) is 0 Å². The van der Waals surface area contributed by atoms with Crippen LogP contribution >= 0.6 is 0 Å². The fourth-order valence-corrected chi connectivity index (χ4v) is 3.21. The number of rotatable bonds is 6. The van der Waals surface area contributed by atoms with Crippen LogP contribution in [0.4, 0.5) is 0 Å². The topological polar surface area (TPSA) is 71.5 Å². The van der Waals surface area contributed by atoms with E-state index in [9.17, 15) is 9.90 Å². The lowest BCUT2D eigenvalue weighted by molar-refractivity contribution is -0.137. The Morgan fingerprint density at radius 2 is 1.85 bits per heavy atom. The standard InChI is InChI=1S/C19H28N2O5/c22-13-17-12-20(5-8-25-14-17)11-16-1-3-18(4-2-16)26-15-19(23)21-6-9-24-10-7-21/h1-4,17,22H,5-15H2. The number of aliphatic hydroxyl groups excluding tert-OH is 1. The number of amides is 1. The molecule has 3 rings (SSSR count). The lowest BCUT2D eigenvalue weighted by atomic mass is 10.1. The van der Waals surface area contributed by atoms with E-state index in [1.165, 1.54) is 5.56 Å². The molecule has 1 aromatic rings. The lowest BCUT2D eigenvalue weighted by Gasteiger charge is -2.26. The number of carbonyl (C=O) groups is 1. The molecular weight excluding hydrogens is 336 g/mol. The summed E-state index contributed by atoms with van der Waals surface area (Å²) in [6.45, 7) is 6.50. The van der Waals surface area contributed by atoms with Crippen molar-refractivity contribution in [3.05, 3.63) is 29.8 Å². The van der Waals surface area contributed by atoms with Crippen molar-refractivity contribution in [3.8, 4) is 5.75 Å². The van der Waals surface area contributed by atoms with E-state index >= 15 is 0 Å². The molecule has 26 heavy (non-hydrogen) atoms. The van der Waals surface area contributed by atoms with Gasteiger partial charge in [0.25, 0.3) is 5.91 Å². The number of benzene rings is 1. The van der Waals surface area contributed by atoms with E-state index in [1.54, 1.807) is 4.90 Å². The van der Waals surface area contributed by atoms with Gasteiger partial charge in [0.1, 0.15) is 5.75 Å². The molecule has 2 aliphatic heterocycles. The smallest absolute Gasteiger partial charge is 0.260 e. The molecule has 0 aliphatic carbocycles. The van der Waals surface area contributed by atoms with Crippen LogP contribution in [-0.2, 0) is 20.8 Å². The van der Waals surface area contributed by atoms with Crippen molar-refractivity contribution in [2.24, 2.45) is 5.92 Å². The van der Waals surface area contributed by atoms with Crippen LogP contribution < -0.4 is 4.74 Å². The average molecular weight is 364 g/mol. The first-order valence-corrected chi connectivity index (χ1v) is 9.23. The molecule has 1 aromatic carbocycles. The molecule has 0 spiro atoms. The summed E-state index contributed by atoms with van der Waals surface area (Å²) in [5.74, 6) is 0.867. The molecule has 0 aromatic heterocycles.